The summed E-state index contributed by atoms with van der Waals surface area (Å²) in [7, 11) is -3.25. The van der Waals surface area contributed by atoms with Crippen LogP contribution in [0.2, 0.25) is 0 Å². The molecule has 2 heterocycles. The summed E-state index contributed by atoms with van der Waals surface area (Å²) in [5, 5.41) is 4.43. The largest absolute Gasteiger partial charge is 0.376 e. The van der Waals surface area contributed by atoms with Gasteiger partial charge in [0.1, 0.15) is 0 Å². The standard InChI is InChI=1S/C13H17N3O2S2/c1-8-13(19-10(3)15-8)9(2)16-11-5-6-12(14-7-11)20(4,17)18/h5-7,9,16H,1-4H3. The number of thiazole rings is 1. The second-order valence-corrected chi connectivity index (χ2v) is 7.90. The zero-order valence-corrected chi connectivity index (χ0v) is 13.5. The molecule has 2 aromatic rings. The van der Waals surface area contributed by atoms with Gasteiger partial charge in [0.25, 0.3) is 0 Å². The maximum atomic E-state index is 11.3. The van der Waals surface area contributed by atoms with Crippen LogP contribution in [0.3, 0.4) is 0 Å². The Kier molecular flexibility index (Phi) is 4.10. The maximum Gasteiger partial charge on any atom is 0.192 e. The third-order valence-corrected chi connectivity index (χ3v) is 5.09. The topological polar surface area (TPSA) is 72.0 Å². The molecule has 0 saturated heterocycles. The van der Waals surface area contributed by atoms with Crippen LogP contribution >= 0.6 is 11.3 Å². The molecule has 108 valence electrons. The average molecular weight is 311 g/mol. The van der Waals surface area contributed by atoms with Gasteiger partial charge in [0.05, 0.1) is 28.6 Å². The summed E-state index contributed by atoms with van der Waals surface area (Å²) in [6.45, 7) is 6.02. The zero-order chi connectivity index (χ0) is 14.9. The summed E-state index contributed by atoms with van der Waals surface area (Å²) in [4.78, 5) is 9.54. The van der Waals surface area contributed by atoms with Gasteiger partial charge < -0.3 is 5.32 Å². The molecule has 0 amide bonds. The van der Waals surface area contributed by atoms with Crippen LogP contribution in [0, 0.1) is 13.8 Å². The molecule has 7 heteroatoms. The van der Waals surface area contributed by atoms with E-state index in [1.54, 1.807) is 17.4 Å². The molecule has 0 fully saturated rings. The minimum absolute atomic E-state index is 0.0838. The first-order valence-corrected chi connectivity index (χ1v) is 8.84. The molecule has 2 aromatic heterocycles. The van der Waals surface area contributed by atoms with Crippen molar-refractivity contribution in [3.63, 3.8) is 0 Å². The average Bonchev–Trinajstić information content (AvgIpc) is 2.68. The molecule has 20 heavy (non-hydrogen) atoms. The molecule has 0 aromatic carbocycles. The number of aromatic nitrogens is 2. The van der Waals surface area contributed by atoms with Crippen molar-refractivity contribution < 1.29 is 8.42 Å². The van der Waals surface area contributed by atoms with Crippen molar-refractivity contribution in [1.29, 1.82) is 0 Å². The first kappa shape index (κ1) is 14.9. The van der Waals surface area contributed by atoms with Crippen molar-refractivity contribution in [3.8, 4) is 0 Å². The van der Waals surface area contributed by atoms with E-state index in [-0.39, 0.29) is 11.1 Å². The lowest BCUT2D eigenvalue weighted by molar-refractivity contribution is 0.598. The van der Waals surface area contributed by atoms with Crippen LogP contribution in [-0.4, -0.2) is 24.6 Å². The molecule has 0 spiro atoms. The lowest BCUT2D eigenvalue weighted by Crippen LogP contribution is -2.07. The van der Waals surface area contributed by atoms with Crippen molar-refractivity contribution in [2.45, 2.75) is 31.8 Å². The highest BCUT2D eigenvalue weighted by Gasteiger charge is 2.14. The molecule has 0 aliphatic heterocycles. The summed E-state index contributed by atoms with van der Waals surface area (Å²) in [6, 6.07) is 3.34. The zero-order valence-electron chi connectivity index (χ0n) is 11.8. The molecule has 0 radical (unpaired) electrons. The van der Waals surface area contributed by atoms with E-state index in [0.29, 0.717) is 0 Å². The molecule has 0 aliphatic carbocycles. The van der Waals surface area contributed by atoms with Crippen LogP contribution < -0.4 is 5.32 Å². The van der Waals surface area contributed by atoms with Gasteiger partial charge in [-0.3, -0.25) is 0 Å². The molecule has 0 aliphatic rings. The Labute approximate surface area is 123 Å². The Morgan fingerprint density at radius 1 is 1.30 bits per heavy atom. The number of pyridine rings is 1. The lowest BCUT2D eigenvalue weighted by atomic mass is 10.2. The predicted molar refractivity (Wildman–Crippen MR) is 81.0 cm³/mol. The number of aryl methyl sites for hydroxylation is 2. The van der Waals surface area contributed by atoms with Gasteiger partial charge in [-0.05, 0) is 32.9 Å². The van der Waals surface area contributed by atoms with E-state index in [0.717, 1.165) is 22.6 Å². The van der Waals surface area contributed by atoms with Crippen molar-refractivity contribution in [3.05, 3.63) is 33.9 Å². The lowest BCUT2D eigenvalue weighted by Gasteiger charge is -2.14. The molecule has 1 N–H and O–H groups in total. The van der Waals surface area contributed by atoms with Crippen molar-refractivity contribution in [1.82, 2.24) is 9.97 Å². The van der Waals surface area contributed by atoms with E-state index in [4.69, 9.17) is 0 Å². The number of rotatable bonds is 4. The quantitative estimate of drug-likeness (QED) is 0.940. The highest BCUT2D eigenvalue weighted by molar-refractivity contribution is 7.90. The van der Waals surface area contributed by atoms with E-state index in [1.165, 1.54) is 17.1 Å². The van der Waals surface area contributed by atoms with E-state index in [9.17, 15) is 8.42 Å². The minimum Gasteiger partial charge on any atom is -0.376 e. The van der Waals surface area contributed by atoms with E-state index >= 15 is 0 Å². The number of anilines is 1. The second kappa shape index (κ2) is 5.49. The van der Waals surface area contributed by atoms with Gasteiger partial charge in [0.2, 0.25) is 0 Å². The van der Waals surface area contributed by atoms with Crippen LogP contribution in [0.15, 0.2) is 23.4 Å². The molecule has 0 bridgehead atoms. The Morgan fingerprint density at radius 3 is 2.45 bits per heavy atom. The fraction of sp³-hybridized carbons (Fsp3) is 0.385. The molecular formula is C13H17N3O2S2. The number of hydrogen-bond donors (Lipinski definition) is 1. The third kappa shape index (κ3) is 3.34. The van der Waals surface area contributed by atoms with E-state index < -0.39 is 9.84 Å². The van der Waals surface area contributed by atoms with Crippen LogP contribution in [0.5, 0.6) is 0 Å². The summed E-state index contributed by atoms with van der Waals surface area (Å²) in [5.74, 6) is 0. The highest BCUT2D eigenvalue weighted by Crippen LogP contribution is 2.27. The normalized spacial score (nSPS) is 13.2. The molecule has 1 atom stereocenters. The van der Waals surface area contributed by atoms with Gasteiger partial charge in [-0.25, -0.2) is 18.4 Å². The Hall–Kier alpha value is -1.47. The van der Waals surface area contributed by atoms with Gasteiger partial charge in [-0.1, -0.05) is 0 Å². The van der Waals surface area contributed by atoms with E-state index in [2.05, 4.69) is 15.3 Å². The highest BCUT2D eigenvalue weighted by atomic mass is 32.2. The molecular weight excluding hydrogens is 294 g/mol. The number of nitrogens with zero attached hydrogens (tertiary/aromatic N) is 2. The van der Waals surface area contributed by atoms with Gasteiger partial charge in [-0.2, -0.15) is 0 Å². The fourth-order valence-electron chi connectivity index (χ4n) is 1.95. The first-order chi connectivity index (χ1) is 9.27. The summed E-state index contributed by atoms with van der Waals surface area (Å²) >= 11 is 1.66. The molecule has 5 nitrogen and oxygen atoms in total. The summed E-state index contributed by atoms with van der Waals surface area (Å²) in [6.07, 6.45) is 2.69. The Morgan fingerprint density at radius 2 is 2.00 bits per heavy atom. The first-order valence-electron chi connectivity index (χ1n) is 6.14. The van der Waals surface area contributed by atoms with Crippen molar-refractivity contribution >= 4 is 26.9 Å². The van der Waals surface area contributed by atoms with Gasteiger partial charge in [0, 0.05) is 11.1 Å². The molecule has 1 unspecified atom stereocenters. The van der Waals surface area contributed by atoms with Gasteiger partial charge >= 0.3 is 0 Å². The Bertz CT molecular complexity index is 706. The number of nitrogens with one attached hydrogen (secondary N) is 1. The predicted octanol–water partition coefficient (Wildman–Crippen LogP) is 2.73. The third-order valence-electron chi connectivity index (χ3n) is 2.83. The van der Waals surface area contributed by atoms with Gasteiger partial charge in [-0.15, -0.1) is 11.3 Å². The number of hydrogen-bond acceptors (Lipinski definition) is 6. The van der Waals surface area contributed by atoms with Crippen molar-refractivity contribution in [2.24, 2.45) is 0 Å². The van der Waals surface area contributed by atoms with Crippen LogP contribution in [0.1, 0.15) is 28.5 Å². The second-order valence-electron chi connectivity index (χ2n) is 4.71. The number of sulfone groups is 1. The Balaban J connectivity index is 2.16. The maximum absolute atomic E-state index is 11.3. The van der Waals surface area contributed by atoms with Crippen LogP contribution in [0.25, 0.3) is 0 Å². The SMILES string of the molecule is Cc1nc(C)c(C(C)Nc2ccc(S(C)(=O)=O)nc2)s1. The smallest absolute Gasteiger partial charge is 0.192 e. The van der Waals surface area contributed by atoms with Crippen LogP contribution in [0.4, 0.5) is 5.69 Å². The fourth-order valence-corrected chi connectivity index (χ4v) is 3.44. The van der Waals surface area contributed by atoms with Crippen molar-refractivity contribution in [2.75, 3.05) is 11.6 Å². The minimum atomic E-state index is -3.25. The summed E-state index contributed by atoms with van der Waals surface area (Å²) < 4.78 is 22.7. The van der Waals surface area contributed by atoms with E-state index in [1.807, 2.05) is 20.8 Å². The summed E-state index contributed by atoms with van der Waals surface area (Å²) in [5.41, 5.74) is 1.81. The van der Waals surface area contributed by atoms with Crippen LogP contribution in [-0.2, 0) is 9.84 Å². The monoisotopic (exact) mass is 311 g/mol. The molecule has 2 rings (SSSR count). The van der Waals surface area contributed by atoms with Gasteiger partial charge in [0.15, 0.2) is 14.9 Å². The molecule has 0 saturated carbocycles.